The van der Waals surface area contributed by atoms with Gasteiger partial charge in [0.05, 0.1) is 12.2 Å². The molecule has 0 fully saturated rings. The molecule has 1 N–H and O–H groups in total. The minimum absolute atomic E-state index is 0.220. The highest BCUT2D eigenvalue weighted by Gasteiger charge is 2.29. The third-order valence-electron chi connectivity index (χ3n) is 3.99. The van der Waals surface area contributed by atoms with Gasteiger partial charge in [-0.3, -0.25) is 0 Å². The molecule has 2 rings (SSSR count). The Labute approximate surface area is 156 Å². The highest BCUT2D eigenvalue weighted by atomic mass is 19.4. The van der Waals surface area contributed by atoms with Crippen LogP contribution in [0.25, 0.3) is 0 Å². The predicted octanol–water partition coefficient (Wildman–Crippen LogP) is 4.58. The number of carbonyl (C=O) groups excluding carboxylic acids is 1. The van der Waals surface area contributed by atoms with Crippen molar-refractivity contribution in [2.45, 2.75) is 32.8 Å². The molecule has 2 aromatic rings. The van der Waals surface area contributed by atoms with Crippen molar-refractivity contribution in [3.63, 3.8) is 0 Å². The number of hydrogen-bond donors (Lipinski definition) is 1. The Bertz CT molecular complexity index is 728. The molecule has 0 spiro atoms. The van der Waals surface area contributed by atoms with E-state index in [1.54, 1.807) is 7.05 Å². The molecule has 0 aliphatic carbocycles. The maximum Gasteiger partial charge on any atom is 0.416 e. The van der Waals surface area contributed by atoms with Crippen molar-refractivity contribution >= 4 is 6.03 Å². The van der Waals surface area contributed by atoms with E-state index in [1.165, 1.54) is 17.0 Å². The van der Waals surface area contributed by atoms with Gasteiger partial charge < -0.3 is 15.0 Å². The summed E-state index contributed by atoms with van der Waals surface area (Å²) >= 11 is 0. The number of carbonyl (C=O) groups is 1. The van der Waals surface area contributed by atoms with E-state index in [2.05, 4.69) is 5.32 Å². The standard InChI is InChI=1S/C20H23F3N2O2/c1-3-27-14-17-6-4-15(5-7-17)12-24-19(26)25(2)13-16-8-10-18(11-9-16)20(21,22)23/h4-11H,3,12-14H2,1-2H3,(H,24,26). The lowest BCUT2D eigenvalue weighted by atomic mass is 10.1. The molecule has 0 aromatic heterocycles. The van der Waals surface area contributed by atoms with Crippen LogP contribution in [0.1, 0.15) is 29.2 Å². The molecule has 0 saturated carbocycles. The van der Waals surface area contributed by atoms with Gasteiger partial charge in [0.25, 0.3) is 0 Å². The average molecular weight is 380 g/mol. The van der Waals surface area contributed by atoms with Crippen LogP contribution in [0.5, 0.6) is 0 Å². The number of urea groups is 1. The van der Waals surface area contributed by atoms with Crippen LogP contribution in [0.4, 0.5) is 18.0 Å². The predicted molar refractivity (Wildman–Crippen MR) is 96.9 cm³/mol. The summed E-state index contributed by atoms with van der Waals surface area (Å²) in [4.78, 5) is 13.6. The minimum atomic E-state index is -4.36. The van der Waals surface area contributed by atoms with Gasteiger partial charge in [0.15, 0.2) is 0 Å². The normalized spacial score (nSPS) is 11.3. The van der Waals surface area contributed by atoms with E-state index in [-0.39, 0.29) is 12.6 Å². The second kappa shape index (κ2) is 9.41. The Hall–Kier alpha value is -2.54. The van der Waals surface area contributed by atoms with E-state index < -0.39 is 11.7 Å². The van der Waals surface area contributed by atoms with Gasteiger partial charge in [-0.2, -0.15) is 13.2 Å². The van der Waals surface area contributed by atoms with Crippen molar-refractivity contribution < 1.29 is 22.7 Å². The zero-order valence-electron chi connectivity index (χ0n) is 15.3. The van der Waals surface area contributed by atoms with Gasteiger partial charge in [-0.15, -0.1) is 0 Å². The Morgan fingerprint density at radius 2 is 1.56 bits per heavy atom. The molecular formula is C20H23F3N2O2. The lowest BCUT2D eigenvalue weighted by Crippen LogP contribution is -2.36. The summed E-state index contributed by atoms with van der Waals surface area (Å²) in [5, 5.41) is 2.79. The zero-order chi connectivity index (χ0) is 19.9. The first kappa shape index (κ1) is 20.8. The molecule has 0 atom stereocenters. The largest absolute Gasteiger partial charge is 0.416 e. The Morgan fingerprint density at radius 3 is 2.11 bits per heavy atom. The van der Waals surface area contributed by atoms with Gasteiger partial charge in [0.2, 0.25) is 0 Å². The van der Waals surface area contributed by atoms with Gasteiger partial charge in [-0.05, 0) is 35.7 Å². The number of nitrogens with one attached hydrogen (secondary N) is 1. The fourth-order valence-electron chi connectivity index (χ4n) is 2.43. The lowest BCUT2D eigenvalue weighted by Gasteiger charge is -2.18. The van der Waals surface area contributed by atoms with Crippen LogP contribution in [0, 0.1) is 0 Å². The van der Waals surface area contributed by atoms with Crippen LogP contribution in [0.2, 0.25) is 0 Å². The number of nitrogens with zero attached hydrogens (tertiary/aromatic N) is 1. The average Bonchev–Trinajstić information content (AvgIpc) is 2.65. The van der Waals surface area contributed by atoms with Crippen molar-refractivity contribution in [2.24, 2.45) is 0 Å². The first-order chi connectivity index (χ1) is 12.8. The summed E-state index contributed by atoms with van der Waals surface area (Å²) in [7, 11) is 1.60. The molecule has 7 heteroatoms. The Balaban J connectivity index is 1.83. The highest BCUT2D eigenvalue weighted by Crippen LogP contribution is 2.29. The number of benzene rings is 2. The highest BCUT2D eigenvalue weighted by molar-refractivity contribution is 5.73. The first-order valence-corrected chi connectivity index (χ1v) is 8.60. The van der Waals surface area contributed by atoms with Crippen molar-refractivity contribution in [1.82, 2.24) is 10.2 Å². The third kappa shape index (κ3) is 6.60. The first-order valence-electron chi connectivity index (χ1n) is 8.60. The molecule has 2 amide bonds. The monoisotopic (exact) mass is 380 g/mol. The topological polar surface area (TPSA) is 41.6 Å². The van der Waals surface area contributed by atoms with Crippen LogP contribution >= 0.6 is 0 Å². The number of halogens is 3. The molecular weight excluding hydrogens is 357 g/mol. The van der Waals surface area contributed by atoms with Gasteiger partial charge in [0, 0.05) is 26.7 Å². The zero-order valence-corrected chi connectivity index (χ0v) is 15.3. The molecule has 0 aliphatic rings. The molecule has 0 radical (unpaired) electrons. The van der Waals surface area contributed by atoms with Gasteiger partial charge >= 0.3 is 12.2 Å². The summed E-state index contributed by atoms with van der Waals surface area (Å²) in [5.74, 6) is 0. The third-order valence-corrected chi connectivity index (χ3v) is 3.99. The van der Waals surface area contributed by atoms with Crippen LogP contribution in [-0.2, 0) is 30.6 Å². The fourth-order valence-corrected chi connectivity index (χ4v) is 2.43. The number of alkyl halides is 3. The lowest BCUT2D eigenvalue weighted by molar-refractivity contribution is -0.137. The molecule has 146 valence electrons. The number of rotatable bonds is 7. The second-order valence-electron chi connectivity index (χ2n) is 6.16. The molecule has 0 bridgehead atoms. The van der Waals surface area contributed by atoms with Crippen molar-refractivity contribution in [3.8, 4) is 0 Å². The molecule has 2 aromatic carbocycles. The smallest absolute Gasteiger partial charge is 0.377 e. The van der Waals surface area contributed by atoms with Crippen LogP contribution in [-0.4, -0.2) is 24.6 Å². The number of amides is 2. The van der Waals surface area contributed by atoms with Gasteiger partial charge in [-0.1, -0.05) is 36.4 Å². The van der Waals surface area contributed by atoms with Crippen molar-refractivity contribution in [2.75, 3.05) is 13.7 Å². The van der Waals surface area contributed by atoms with Crippen LogP contribution < -0.4 is 5.32 Å². The summed E-state index contributed by atoms with van der Waals surface area (Å²) in [6, 6.07) is 12.2. The van der Waals surface area contributed by atoms with E-state index in [1.807, 2.05) is 31.2 Å². The van der Waals surface area contributed by atoms with Gasteiger partial charge in [0.1, 0.15) is 0 Å². The second-order valence-corrected chi connectivity index (χ2v) is 6.16. The molecule has 0 saturated heterocycles. The maximum absolute atomic E-state index is 12.6. The van der Waals surface area contributed by atoms with Crippen molar-refractivity contribution in [3.05, 3.63) is 70.8 Å². The molecule has 0 aliphatic heterocycles. The van der Waals surface area contributed by atoms with Gasteiger partial charge in [-0.25, -0.2) is 4.79 Å². The summed E-state index contributed by atoms with van der Waals surface area (Å²) in [6.07, 6.45) is -4.36. The summed E-state index contributed by atoms with van der Waals surface area (Å²) < 4.78 is 43.1. The number of hydrogen-bond acceptors (Lipinski definition) is 2. The van der Waals surface area contributed by atoms with E-state index in [9.17, 15) is 18.0 Å². The maximum atomic E-state index is 12.6. The summed E-state index contributed by atoms with van der Waals surface area (Å²) in [6.45, 7) is 3.73. The Kier molecular flexibility index (Phi) is 7.24. The minimum Gasteiger partial charge on any atom is -0.377 e. The van der Waals surface area contributed by atoms with E-state index in [0.29, 0.717) is 25.3 Å². The van der Waals surface area contributed by atoms with Crippen molar-refractivity contribution in [1.29, 1.82) is 0 Å². The van der Waals surface area contributed by atoms with Crippen LogP contribution in [0.15, 0.2) is 48.5 Å². The molecule has 27 heavy (non-hydrogen) atoms. The SMILES string of the molecule is CCOCc1ccc(CNC(=O)N(C)Cc2ccc(C(F)(F)F)cc2)cc1. The van der Waals surface area contributed by atoms with E-state index in [4.69, 9.17) is 4.74 Å². The molecule has 0 unspecified atom stereocenters. The molecule has 4 nitrogen and oxygen atoms in total. The molecule has 0 heterocycles. The Morgan fingerprint density at radius 1 is 1.00 bits per heavy atom. The van der Waals surface area contributed by atoms with E-state index in [0.717, 1.165) is 23.3 Å². The summed E-state index contributed by atoms with van der Waals surface area (Å²) in [5.41, 5.74) is 1.94. The number of ether oxygens (including phenoxy) is 1. The quantitative estimate of drug-likeness (QED) is 0.764. The van der Waals surface area contributed by atoms with Crippen LogP contribution in [0.3, 0.4) is 0 Å². The van der Waals surface area contributed by atoms with E-state index >= 15 is 0 Å². The fraction of sp³-hybridized carbons (Fsp3) is 0.350.